The average molecular weight is 490 g/mol. The fourth-order valence-corrected chi connectivity index (χ4v) is 4.52. The van der Waals surface area contributed by atoms with Gasteiger partial charge >= 0.3 is 0 Å². The summed E-state index contributed by atoms with van der Waals surface area (Å²) in [7, 11) is 0. The maximum absolute atomic E-state index is 13.2. The molecular formula is C28H28ClN3O3. The topological polar surface area (TPSA) is 78.5 Å². The molecule has 0 aliphatic carbocycles. The lowest BCUT2D eigenvalue weighted by Gasteiger charge is -2.22. The van der Waals surface area contributed by atoms with Gasteiger partial charge in [-0.25, -0.2) is 0 Å². The Bertz CT molecular complexity index is 1220. The van der Waals surface area contributed by atoms with E-state index in [4.69, 9.17) is 11.6 Å². The Hall–Kier alpha value is -3.64. The van der Waals surface area contributed by atoms with Crippen LogP contribution >= 0.6 is 11.6 Å². The second-order valence-corrected chi connectivity index (χ2v) is 9.07. The zero-order valence-corrected chi connectivity index (χ0v) is 20.3. The van der Waals surface area contributed by atoms with Crippen LogP contribution in [0.15, 0.2) is 72.8 Å². The number of benzene rings is 3. The lowest BCUT2D eigenvalue weighted by Crippen LogP contribution is -2.32. The van der Waals surface area contributed by atoms with Crippen molar-refractivity contribution in [1.29, 1.82) is 0 Å². The van der Waals surface area contributed by atoms with Crippen LogP contribution in [0.2, 0.25) is 5.02 Å². The van der Waals surface area contributed by atoms with Crippen LogP contribution in [0.1, 0.15) is 57.1 Å². The van der Waals surface area contributed by atoms with E-state index in [0.29, 0.717) is 21.8 Å². The molecule has 1 aliphatic heterocycles. The first-order chi connectivity index (χ1) is 16.9. The van der Waals surface area contributed by atoms with E-state index in [1.165, 1.54) is 0 Å². The first kappa shape index (κ1) is 24.5. The second kappa shape index (κ2) is 11.2. The standard InChI is InChI=1S/C28H28ClN3O3/c1-19-10-9-14-22(28(35)32-16-7-8-17-32)26(19)31-25(33)18-24(20-11-3-2-4-12-20)30-27(34)21-13-5-6-15-23(21)29/h2-6,9-15,24H,7-8,16-18H2,1H3,(H,30,34)(H,31,33). The normalized spacial score (nSPS) is 13.8. The highest BCUT2D eigenvalue weighted by Crippen LogP contribution is 2.26. The molecule has 3 amide bonds. The maximum atomic E-state index is 13.2. The van der Waals surface area contributed by atoms with Crippen LogP contribution < -0.4 is 10.6 Å². The van der Waals surface area contributed by atoms with Crippen LogP contribution in [-0.4, -0.2) is 35.7 Å². The number of para-hydroxylation sites is 1. The van der Waals surface area contributed by atoms with Gasteiger partial charge in [-0.05, 0) is 49.1 Å². The van der Waals surface area contributed by atoms with Gasteiger partial charge in [-0.1, -0.05) is 66.2 Å². The molecule has 0 saturated carbocycles. The van der Waals surface area contributed by atoms with E-state index in [1.807, 2.05) is 54.3 Å². The number of carbonyl (C=O) groups is 3. The van der Waals surface area contributed by atoms with Gasteiger partial charge < -0.3 is 15.5 Å². The molecular weight excluding hydrogens is 462 g/mol. The molecule has 1 unspecified atom stereocenters. The SMILES string of the molecule is Cc1cccc(C(=O)N2CCCC2)c1NC(=O)CC(NC(=O)c1ccccc1Cl)c1ccccc1. The molecule has 4 rings (SSSR count). The predicted octanol–water partition coefficient (Wildman–Crippen LogP) is 5.38. The Morgan fingerprint density at radius 3 is 2.26 bits per heavy atom. The summed E-state index contributed by atoms with van der Waals surface area (Å²) >= 11 is 6.20. The van der Waals surface area contributed by atoms with Gasteiger partial charge in [0.1, 0.15) is 0 Å². The predicted molar refractivity (Wildman–Crippen MR) is 138 cm³/mol. The highest BCUT2D eigenvalue weighted by atomic mass is 35.5. The van der Waals surface area contributed by atoms with E-state index in [0.717, 1.165) is 37.1 Å². The van der Waals surface area contributed by atoms with Crippen molar-refractivity contribution in [3.05, 3.63) is 100 Å². The van der Waals surface area contributed by atoms with E-state index < -0.39 is 6.04 Å². The highest BCUT2D eigenvalue weighted by Gasteiger charge is 2.25. The van der Waals surface area contributed by atoms with Gasteiger partial charge in [0.25, 0.3) is 11.8 Å². The fourth-order valence-electron chi connectivity index (χ4n) is 4.30. The van der Waals surface area contributed by atoms with Crippen molar-refractivity contribution in [1.82, 2.24) is 10.2 Å². The molecule has 35 heavy (non-hydrogen) atoms. The molecule has 180 valence electrons. The van der Waals surface area contributed by atoms with Crippen molar-refractivity contribution in [3.63, 3.8) is 0 Å². The number of hydrogen-bond donors (Lipinski definition) is 2. The third-order valence-electron chi connectivity index (χ3n) is 6.18. The fraction of sp³-hybridized carbons (Fsp3) is 0.250. The van der Waals surface area contributed by atoms with Crippen molar-refractivity contribution < 1.29 is 14.4 Å². The average Bonchev–Trinajstić information content (AvgIpc) is 3.40. The number of nitrogens with one attached hydrogen (secondary N) is 2. The number of hydrogen-bond acceptors (Lipinski definition) is 3. The summed E-state index contributed by atoms with van der Waals surface area (Å²) < 4.78 is 0. The van der Waals surface area contributed by atoms with Gasteiger partial charge in [0.05, 0.1) is 34.3 Å². The molecule has 0 aromatic heterocycles. The molecule has 1 fully saturated rings. The third-order valence-corrected chi connectivity index (χ3v) is 6.51. The Balaban J connectivity index is 1.55. The van der Waals surface area contributed by atoms with Gasteiger partial charge in [0, 0.05) is 13.1 Å². The van der Waals surface area contributed by atoms with Gasteiger partial charge in [-0.15, -0.1) is 0 Å². The van der Waals surface area contributed by atoms with E-state index in [9.17, 15) is 14.4 Å². The number of aryl methyl sites for hydroxylation is 1. The Morgan fingerprint density at radius 2 is 1.54 bits per heavy atom. The smallest absolute Gasteiger partial charge is 0.255 e. The Morgan fingerprint density at radius 1 is 0.886 bits per heavy atom. The number of carbonyl (C=O) groups excluding carboxylic acids is 3. The van der Waals surface area contributed by atoms with Crippen molar-refractivity contribution in [2.24, 2.45) is 0 Å². The summed E-state index contributed by atoms with van der Waals surface area (Å²) in [6.45, 7) is 3.32. The highest BCUT2D eigenvalue weighted by molar-refractivity contribution is 6.33. The summed E-state index contributed by atoms with van der Waals surface area (Å²) in [4.78, 5) is 41.1. The molecule has 1 atom stereocenters. The lowest BCUT2D eigenvalue weighted by molar-refractivity contribution is -0.116. The van der Waals surface area contributed by atoms with Crippen LogP contribution in [0.3, 0.4) is 0 Å². The lowest BCUT2D eigenvalue weighted by atomic mass is 10.0. The van der Waals surface area contributed by atoms with Gasteiger partial charge in [0.2, 0.25) is 5.91 Å². The van der Waals surface area contributed by atoms with Crippen LogP contribution in [0, 0.1) is 6.92 Å². The number of halogens is 1. The molecule has 1 saturated heterocycles. The van der Waals surface area contributed by atoms with Crippen molar-refractivity contribution in [2.75, 3.05) is 18.4 Å². The molecule has 0 radical (unpaired) electrons. The number of amides is 3. The molecule has 1 heterocycles. The zero-order chi connectivity index (χ0) is 24.8. The zero-order valence-electron chi connectivity index (χ0n) is 19.6. The van der Waals surface area contributed by atoms with Crippen molar-refractivity contribution in [3.8, 4) is 0 Å². The van der Waals surface area contributed by atoms with Crippen LogP contribution in [0.5, 0.6) is 0 Å². The van der Waals surface area contributed by atoms with Gasteiger partial charge in [0.15, 0.2) is 0 Å². The molecule has 6 nitrogen and oxygen atoms in total. The summed E-state index contributed by atoms with van der Waals surface area (Å²) in [5.74, 6) is -0.741. The molecule has 3 aromatic carbocycles. The van der Waals surface area contributed by atoms with E-state index in [1.54, 1.807) is 30.3 Å². The number of likely N-dealkylation sites (tertiary alicyclic amines) is 1. The minimum absolute atomic E-state index is 0.00805. The van der Waals surface area contributed by atoms with E-state index >= 15 is 0 Å². The Labute approximate surface area is 210 Å². The molecule has 0 spiro atoms. The largest absolute Gasteiger partial charge is 0.345 e. The minimum Gasteiger partial charge on any atom is -0.345 e. The summed E-state index contributed by atoms with van der Waals surface area (Å²) in [5, 5.41) is 6.23. The summed E-state index contributed by atoms with van der Waals surface area (Å²) in [5.41, 5.74) is 2.93. The molecule has 0 bridgehead atoms. The maximum Gasteiger partial charge on any atom is 0.255 e. The van der Waals surface area contributed by atoms with Crippen molar-refractivity contribution >= 4 is 35.0 Å². The van der Waals surface area contributed by atoms with Gasteiger partial charge in [-0.2, -0.15) is 0 Å². The number of anilines is 1. The molecule has 1 aliphatic rings. The van der Waals surface area contributed by atoms with Crippen LogP contribution in [0.4, 0.5) is 5.69 Å². The number of rotatable bonds is 7. The van der Waals surface area contributed by atoms with Crippen molar-refractivity contribution in [2.45, 2.75) is 32.2 Å². The quantitative estimate of drug-likeness (QED) is 0.467. The van der Waals surface area contributed by atoms with Crippen LogP contribution in [0.25, 0.3) is 0 Å². The van der Waals surface area contributed by atoms with Gasteiger partial charge in [-0.3, -0.25) is 14.4 Å². The summed E-state index contributed by atoms with van der Waals surface area (Å²) in [6.07, 6.45) is 1.97. The van der Waals surface area contributed by atoms with Crippen LogP contribution in [-0.2, 0) is 4.79 Å². The van der Waals surface area contributed by atoms with E-state index in [2.05, 4.69) is 10.6 Å². The third kappa shape index (κ3) is 5.89. The second-order valence-electron chi connectivity index (χ2n) is 8.67. The Kier molecular flexibility index (Phi) is 7.83. The number of nitrogens with zero attached hydrogens (tertiary/aromatic N) is 1. The molecule has 3 aromatic rings. The molecule has 7 heteroatoms. The van der Waals surface area contributed by atoms with E-state index in [-0.39, 0.29) is 24.1 Å². The summed E-state index contributed by atoms with van der Waals surface area (Å²) in [6, 6.07) is 21.0. The molecule has 2 N–H and O–H groups in total. The monoisotopic (exact) mass is 489 g/mol. The first-order valence-corrected chi connectivity index (χ1v) is 12.1. The first-order valence-electron chi connectivity index (χ1n) is 11.7. The minimum atomic E-state index is -0.582.